The van der Waals surface area contributed by atoms with Gasteiger partial charge in [0.2, 0.25) is 0 Å². The summed E-state index contributed by atoms with van der Waals surface area (Å²) in [6.45, 7) is -2.57. The van der Waals surface area contributed by atoms with E-state index < -0.39 is 52.1 Å². The molecule has 0 aliphatic rings. The molecule has 0 fully saturated rings. The maximum Gasteiger partial charge on any atom is 2.00 e. The summed E-state index contributed by atoms with van der Waals surface area (Å²) >= 11 is 0. The van der Waals surface area contributed by atoms with E-state index in [0.29, 0.717) is 0 Å². The van der Waals surface area contributed by atoms with Crippen LogP contribution in [-0.4, -0.2) is 284 Å². The van der Waals surface area contributed by atoms with Crippen LogP contribution in [0.1, 0.15) is 20.0 Å². The second-order valence-corrected chi connectivity index (χ2v) is 4.64. The Bertz CT molecular complexity index is 619. The summed E-state index contributed by atoms with van der Waals surface area (Å²) in [6, 6.07) is 0. The average molecular weight is 900 g/mol. The Morgan fingerprint density at radius 1 is 0.594 bits per heavy atom. The first-order valence-electron chi connectivity index (χ1n) is 4.08. The van der Waals surface area contributed by atoms with Crippen molar-refractivity contribution in [3.05, 3.63) is 0 Å². The van der Waals surface area contributed by atoms with Gasteiger partial charge in [0.1, 0.15) is 0 Å². The van der Waals surface area contributed by atoms with Crippen molar-refractivity contribution in [3.8, 4) is 0 Å². The quantitative estimate of drug-likeness (QED) is 0.145. The van der Waals surface area contributed by atoms with E-state index in [1.165, 1.54) is 0 Å². The minimum Gasteiger partial charge on any atom is -1.00 e. The van der Waals surface area contributed by atoms with Crippen LogP contribution in [0.15, 0.2) is 0 Å². The number of ether oxygens (including phenoxy) is 2. The van der Waals surface area contributed by atoms with E-state index in [4.69, 9.17) is 9.11 Å². The third-order valence-electron chi connectivity index (χ3n) is 1.01. The summed E-state index contributed by atoms with van der Waals surface area (Å²) in [5.74, 6) is -3.35. The molecule has 0 saturated carbocycles. The molecule has 0 aliphatic heterocycles. The van der Waals surface area contributed by atoms with E-state index in [2.05, 4.69) is 17.8 Å². The van der Waals surface area contributed by atoms with Gasteiger partial charge < -0.3 is 37.8 Å². The Hall–Kier alpha value is 10.1. The van der Waals surface area contributed by atoms with Crippen LogP contribution >= 0.6 is 0 Å². The van der Waals surface area contributed by atoms with Crippen LogP contribution in [0.4, 0.5) is 4.79 Å². The standard InChI is InChI=1S/C5H6O13S2.6Ca.2Na.4Zn.14H/c6-3(17-19(9,10)11)1-15-5(8)16-2-4(7)18-20(12,13)14;;;;;;;;;;;;;;;;;;;;;;;;;;/h1-2H2,(H,9,10,11)(H,12,13,14);;;;;;;;;;;;;;;;;;;;;;;;;;/q;6*+2;2*+1;;;;;14*-1. The van der Waals surface area contributed by atoms with Gasteiger partial charge in [0, 0.05) is 77.9 Å². The van der Waals surface area contributed by atoms with Gasteiger partial charge in [-0.1, -0.05) is 0 Å². The minimum absolute atomic E-state index is 0. The van der Waals surface area contributed by atoms with Crippen LogP contribution in [0.5, 0.6) is 0 Å². The molecule has 13 nitrogen and oxygen atoms in total. The Labute approximate surface area is 481 Å². The molecule has 27 heteroatoms. The van der Waals surface area contributed by atoms with Crippen molar-refractivity contribution in [1.82, 2.24) is 0 Å². The molecule has 0 bridgehead atoms. The van der Waals surface area contributed by atoms with Crippen molar-refractivity contribution < 1.29 is 215 Å². The second kappa shape index (κ2) is 48.0. The zero-order valence-corrected chi connectivity index (χ0v) is 48.9. The van der Waals surface area contributed by atoms with Gasteiger partial charge in [0.25, 0.3) is 0 Å². The Morgan fingerprint density at radius 3 is 0.938 bits per heavy atom. The Balaban J connectivity index is -0.00000000555. The van der Waals surface area contributed by atoms with Gasteiger partial charge >= 0.3 is 324 Å². The number of hydrogen-bond donors (Lipinski definition) is 2. The molecule has 0 aliphatic carbocycles. The third kappa shape index (κ3) is 67.7. The number of rotatable bonds is 6. The zero-order chi connectivity index (χ0) is 16.0. The largest absolute Gasteiger partial charge is 2.00 e. The van der Waals surface area contributed by atoms with Crippen LogP contribution in [0, 0.1) is 0 Å². The summed E-state index contributed by atoms with van der Waals surface area (Å²) < 4.78 is 70.7. The van der Waals surface area contributed by atoms with E-state index in [1.54, 1.807) is 0 Å². The Kier molecular flexibility index (Phi) is 126. The average Bonchev–Trinajstić information content (AvgIpc) is 2.18. The molecule has 0 aromatic rings. The SMILES string of the molecule is O=C(COC(=O)OCC(=O)OS(=O)(=O)O)OS(=O)(=O)O.[Ca+2].[Ca+2].[Ca+2].[Ca+2].[Ca+2].[Ca+2].[H-].[H-].[H-].[H-].[H-].[H-].[H-].[H-].[H-].[H-].[H-].[H-].[H-].[H-].[Na+].[Na+].[Zn].[Zn].[Zn].[Zn]. The van der Waals surface area contributed by atoms with E-state index >= 15 is 0 Å². The first-order chi connectivity index (χ1) is 8.89. The monoisotopic (exact) mass is 894 g/mol. The van der Waals surface area contributed by atoms with Crippen LogP contribution in [-0.2, 0) is 126 Å². The fraction of sp³-hybridized carbons (Fsp3) is 0.400. The van der Waals surface area contributed by atoms with E-state index in [1.807, 2.05) is 0 Å². The van der Waals surface area contributed by atoms with Crippen molar-refractivity contribution in [2.24, 2.45) is 0 Å². The molecule has 152 valence electrons. The molecule has 0 aromatic carbocycles. The molecule has 0 radical (unpaired) electrons. The van der Waals surface area contributed by atoms with Crippen molar-refractivity contribution in [1.29, 1.82) is 0 Å². The molecule has 0 rings (SSSR count). The van der Waals surface area contributed by atoms with Crippen LogP contribution in [0.3, 0.4) is 0 Å². The maximum atomic E-state index is 10.7. The molecular weight excluding hydrogens is 880 g/mol. The fourth-order valence-corrected chi connectivity index (χ4v) is 1.13. The van der Waals surface area contributed by atoms with Gasteiger partial charge in [-0.2, -0.15) is 16.8 Å². The van der Waals surface area contributed by atoms with Crippen molar-refractivity contribution in [3.63, 3.8) is 0 Å². The summed E-state index contributed by atoms with van der Waals surface area (Å²) in [6.07, 6.45) is -1.69. The first-order valence-corrected chi connectivity index (χ1v) is 6.81. The summed E-state index contributed by atoms with van der Waals surface area (Å²) in [7, 11) is -10.1. The molecular formula is C5H20Ca6Na2O13S2Zn4. The van der Waals surface area contributed by atoms with E-state index in [-0.39, 0.29) is 383 Å². The maximum absolute atomic E-state index is 10.7. The zero-order valence-electron chi connectivity index (χ0n) is 32.2. The van der Waals surface area contributed by atoms with Crippen LogP contribution in [0.25, 0.3) is 0 Å². The summed E-state index contributed by atoms with van der Waals surface area (Å²) in [4.78, 5) is 31.9. The topological polar surface area (TPSA) is 197 Å². The second-order valence-electron chi connectivity index (χ2n) is 2.59. The fourth-order valence-electron chi connectivity index (χ4n) is 0.560. The smallest absolute Gasteiger partial charge is 1.00 e. The number of carbonyl (C=O) groups excluding carboxylic acids is 3. The van der Waals surface area contributed by atoms with Crippen molar-refractivity contribution in [2.45, 2.75) is 0 Å². The molecule has 0 amide bonds. The predicted molar refractivity (Wildman–Crippen MR) is 103 cm³/mol. The van der Waals surface area contributed by atoms with Crippen LogP contribution in [0.2, 0.25) is 0 Å². The van der Waals surface area contributed by atoms with Crippen molar-refractivity contribution >= 4 is 265 Å². The summed E-state index contributed by atoms with van der Waals surface area (Å²) in [5.41, 5.74) is 0. The van der Waals surface area contributed by atoms with E-state index in [9.17, 15) is 31.2 Å². The van der Waals surface area contributed by atoms with Gasteiger partial charge in [-0.05, 0) is 0 Å². The molecule has 0 aromatic heterocycles. The predicted octanol–water partition coefficient (Wildman–Crippen LogP) is -8.88. The number of carbonyl (C=O) groups is 3. The molecule has 0 saturated heterocycles. The normalized spacial score (nSPS) is 7.06. The van der Waals surface area contributed by atoms with Gasteiger partial charge in [-0.25, -0.2) is 14.4 Å². The molecule has 0 unspecified atom stereocenters. The minimum atomic E-state index is -5.07. The first kappa shape index (κ1) is 84.0. The summed E-state index contributed by atoms with van der Waals surface area (Å²) in [5, 5.41) is 0. The molecule has 0 heterocycles. The molecule has 2 N–H and O–H groups in total. The van der Waals surface area contributed by atoms with Gasteiger partial charge in [0.05, 0.1) is 0 Å². The van der Waals surface area contributed by atoms with E-state index in [0.717, 1.165) is 0 Å². The number of hydrogen-bond acceptors (Lipinski definition) is 11. The molecule has 0 atom stereocenters. The molecule has 32 heavy (non-hydrogen) atoms. The van der Waals surface area contributed by atoms with Gasteiger partial charge in [-0.15, -0.1) is 0 Å². The van der Waals surface area contributed by atoms with Gasteiger partial charge in [-0.3, -0.25) is 9.11 Å². The van der Waals surface area contributed by atoms with Crippen LogP contribution < -0.4 is 59.1 Å². The van der Waals surface area contributed by atoms with Gasteiger partial charge in [0.15, 0.2) is 13.2 Å². The third-order valence-corrected chi connectivity index (χ3v) is 1.81. The Morgan fingerprint density at radius 2 is 0.781 bits per heavy atom. The van der Waals surface area contributed by atoms with Crippen molar-refractivity contribution in [2.75, 3.05) is 13.2 Å². The molecule has 0 spiro atoms.